The second-order valence-electron chi connectivity index (χ2n) is 5.44. The average Bonchev–Trinajstić information content (AvgIpc) is 3.14. The molecule has 0 aliphatic carbocycles. The molecule has 1 aliphatic rings. The van der Waals surface area contributed by atoms with Crippen molar-refractivity contribution in [2.45, 2.75) is 12.5 Å². The highest BCUT2D eigenvalue weighted by Gasteiger charge is 2.27. The van der Waals surface area contributed by atoms with Gasteiger partial charge in [0, 0.05) is 20.5 Å². The number of para-hydroxylation sites is 1. The number of aromatic nitrogens is 4. The molecule has 1 aromatic carbocycles. The molecule has 1 aliphatic heterocycles. The summed E-state index contributed by atoms with van der Waals surface area (Å²) >= 11 is 0. The molecular formula is C15H14N4O3. The van der Waals surface area contributed by atoms with Crippen molar-refractivity contribution in [3.8, 4) is 5.75 Å². The van der Waals surface area contributed by atoms with E-state index in [0.717, 1.165) is 15.9 Å². The lowest BCUT2D eigenvalue weighted by Gasteiger charge is -2.06. The lowest BCUT2D eigenvalue weighted by molar-refractivity contribution is 0.229. The minimum Gasteiger partial charge on any atom is -0.482 e. The van der Waals surface area contributed by atoms with E-state index in [2.05, 4.69) is 9.97 Å². The summed E-state index contributed by atoms with van der Waals surface area (Å²) < 4.78 is 8.30. The standard InChI is InChI=1S/C15H14N4O3/c1-18-13-11(14(20)19(2)15(18)21)16-12(17-13)10-7-8-5-3-4-6-9(8)22-10/h3-6,10H,7H2,1-2H3,(H,16,17). The van der Waals surface area contributed by atoms with Gasteiger partial charge in [0.2, 0.25) is 0 Å². The molecule has 1 N–H and O–H groups in total. The van der Waals surface area contributed by atoms with Crippen molar-refractivity contribution in [2.24, 2.45) is 14.1 Å². The van der Waals surface area contributed by atoms with Gasteiger partial charge in [-0.05, 0) is 11.6 Å². The molecule has 112 valence electrons. The summed E-state index contributed by atoms with van der Waals surface area (Å²) in [4.78, 5) is 31.6. The normalized spacial score (nSPS) is 16.7. The number of aromatic amines is 1. The Balaban J connectivity index is 1.86. The van der Waals surface area contributed by atoms with Gasteiger partial charge in [-0.3, -0.25) is 13.9 Å². The predicted molar refractivity (Wildman–Crippen MR) is 80.1 cm³/mol. The first kappa shape index (κ1) is 12.9. The van der Waals surface area contributed by atoms with Gasteiger partial charge in [-0.1, -0.05) is 18.2 Å². The van der Waals surface area contributed by atoms with Gasteiger partial charge in [-0.2, -0.15) is 0 Å². The van der Waals surface area contributed by atoms with E-state index in [0.29, 0.717) is 23.4 Å². The van der Waals surface area contributed by atoms with Gasteiger partial charge in [0.15, 0.2) is 17.6 Å². The highest BCUT2D eigenvalue weighted by molar-refractivity contribution is 5.69. The molecule has 0 radical (unpaired) electrons. The van der Waals surface area contributed by atoms with Crippen LogP contribution >= 0.6 is 0 Å². The number of rotatable bonds is 1. The van der Waals surface area contributed by atoms with Gasteiger partial charge in [0.1, 0.15) is 11.3 Å². The van der Waals surface area contributed by atoms with E-state index in [4.69, 9.17) is 4.74 Å². The van der Waals surface area contributed by atoms with Gasteiger partial charge in [-0.25, -0.2) is 9.78 Å². The summed E-state index contributed by atoms with van der Waals surface area (Å²) in [5.74, 6) is 1.39. The van der Waals surface area contributed by atoms with Crippen molar-refractivity contribution in [3.63, 3.8) is 0 Å². The maximum Gasteiger partial charge on any atom is 0.332 e. The summed E-state index contributed by atoms with van der Waals surface area (Å²) in [5, 5.41) is 0. The number of benzene rings is 1. The minimum atomic E-state index is -0.397. The third kappa shape index (κ3) is 1.65. The minimum absolute atomic E-state index is 0.274. The monoisotopic (exact) mass is 298 g/mol. The second-order valence-corrected chi connectivity index (χ2v) is 5.44. The molecule has 3 aromatic rings. The molecule has 7 heteroatoms. The Bertz CT molecular complexity index is 987. The van der Waals surface area contributed by atoms with Crippen molar-refractivity contribution < 1.29 is 4.74 Å². The SMILES string of the molecule is Cn1c(=O)c2[nH]c(C3Cc4ccccc4O3)nc2n(C)c1=O. The zero-order chi connectivity index (χ0) is 15.4. The Morgan fingerprint density at radius 1 is 1.23 bits per heavy atom. The number of H-pyrrole nitrogens is 1. The van der Waals surface area contributed by atoms with E-state index < -0.39 is 5.69 Å². The first-order valence-electron chi connectivity index (χ1n) is 6.96. The molecule has 22 heavy (non-hydrogen) atoms. The molecule has 4 rings (SSSR count). The van der Waals surface area contributed by atoms with Crippen LogP contribution in [0.3, 0.4) is 0 Å². The maximum absolute atomic E-state index is 12.2. The largest absolute Gasteiger partial charge is 0.482 e. The summed E-state index contributed by atoms with van der Waals surface area (Å²) in [5.41, 5.74) is 0.995. The van der Waals surface area contributed by atoms with Crippen LogP contribution in [0.15, 0.2) is 33.9 Å². The molecule has 0 saturated carbocycles. The Morgan fingerprint density at radius 2 is 2.00 bits per heavy atom. The quantitative estimate of drug-likeness (QED) is 0.714. The third-order valence-electron chi connectivity index (χ3n) is 4.07. The summed E-state index contributed by atoms with van der Waals surface area (Å²) in [6.45, 7) is 0. The molecule has 0 fully saturated rings. The number of nitrogens with zero attached hydrogens (tertiary/aromatic N) is 3. The van der Waals surface area contributed by atoms with E-state index in [-0.39, 0.29) is 11.7 Å². The number of aryl methyl sites for hydroxylation is 1. The topological polar surface area (TPSA) is 81.9 Å². The van der Waals surface area contributed by atoms with Crippen LogP contribution < -0.4 is 16.0 Å². The molecule has 1 atom stereocenters. The van der Waals surface area contributed by atoms with Crippen LogP contribution in [0.5, 0.6) is 5.75 Å². The van der Waals surface area contributed by atoms with Crippen LogP contribution in [0.25, 0.3) is 11.2 Å². The summed E-state index contributed by atoms with van der Waals surface area (Å²) in [7, 11) is 3.05. The molecule has 0 spiro atoms. The van der Waals surface area contributed by atoms with E-state index in [1.54, 1.807) is 7.05 Å². The highest BCUT2D eigenvalue weighted by Crippen LogP contribution is 2.35. The van der Waals surface area contributed by atoms with Gasteiger partial charge < -0.3 is 9.72 Å². The number of nitrogens with one attached hydrogen (secondary N) is 1. The average molecular weight is 298 g/mol. The van der Waals surface area contributed by atoms with Crippen LogP contribution in [0, 0.1) is 0 Å². The molecule has 1 unspecified atom stereocenters. The van der Waals surface area contributed by atoms with Gasteiger partial charge in [0.25, 0.3) is 5.56 Å². The third-order valence-corrected chi connectivity index (χ3v) is 4.07. The number of fused-ring (bicyclic) bond motifs is 2. The predicted octanol–water partition coefficient (Wildman–Crippen LogP) is 0.636. The van der Waals surface area contributed by atoms with E-state index in [1.165, 1.54) is 11.6 Å². The molecule has 0 saturated heterocycles. The van der Waals surface area contributed by atoms with Crippen LogP contribution in [0.1, 0.15) is 17.5 Å². The molecule has 2 aromatic heterocycles. The smallest absolute Gasteiger partial charge is 0.332 e. The number of imidazole rings is 1. The van der Waals surface area contributed by atoms with E-state index in [1.807, 2.05) is 24.3 Å². The van der Waals surface area contributed by atoms with Crippen LogP contribution in [0.4, 0.5) is 0 Å². The number of hydrogen-bond acceptors (Lipinski definition) is 4. The fourth-order valence-corrected chi connectivity index (χ4v) is 2.83. The Labute approximate surface area is 124 Å². The summed E-state index contributed by atoms with van der Waals surface area (Å²) in [6.07, 6.45) is 0.411. The first-order valence-corrected chi connectivity index (χ1v) is 6.96. The first-order chi connectivity index (χ1) is 10.6. The fourth-order valence-electron chi connectivity index (χ4n) is 2.83. The maximum atomic E-state index is 12.2. The molecule has 0 amide bonds. The second kappa shape index (κ2) is 4.33. The Kier molecular flexibility index (Phi) is 2.53. The van der Waals surface area contributed by atoms with Crippen molar-refractivity contribution >= 4 is 11.2 Å². The lowest BCUT2D eigenvalue weighted by atomic mass is 10.1. The van der Waals surface area contributed by atoms with Crippen LogP contribution in [0.2, 0.25) is 0 Å². The van der Waals surface area contributed by atoms with Crippen molar-refractivity contribution in [2.75, 3.05) is 0 Å². The van der Waals surface area contributed by atoms with Gasteiger partial charge >= 0.3 is 5.69 Å². The Hall–Kier alpha value is -2.83. The zero-order valence-electron chi connectivity index (χ0n) is 12.2. The molecular weight excluding hydrogens is 284 g/mol. The molecule has 3 heterocycles. The number of hydrogen-bond donors (Lipinski definition) is 1. The molecule has 7 nitrogen and oxygen atoms in total. The van der Waals surface area contributed by atoms with Gasteiger partial charge in [-0.15, -0.1) is 0 Å². The summed E-state index contributed by atoms with van der Waals surface area (Å²) in [6, 6.07) is 7.79. The van der Waals surface area contributed by atoms with Crippen molar-refractivity contribution in [3.05, 3.63) is 56.5 Å². The van der Waals surface area contributed by atoms with Crippen LogP contribution in [-0.4, -0.2) is 19.1 Å². The van der Waals surface area contributed by atoms with Gasteiger partial charge in [0.05, 0.1) is 0 Å². The zero-order valence-corrected chi connectivity index (χ0v) is 12.2. The number of ether oxygens (including phenoxy) is 1. The highest BCUT2D eigenvalue weighted by atomic mass is 16.5. The van der Waals surface area contributed by atoms with Crippen LogP contribution in [-0.2, 0) is 20.5 Å². The van der Waals surface area contributed by atoms with E-state index in [9.17, 15) is 9.59 Å². The fraction of sp³-hybridized carbons (Fsp3) is 0.267. The Morgan fingerprint density at radius 3 is 2.77 bits per heavy atom. The van der Waals surface area contributed by atoms with Crippen molar-refractivity contribution in [1.29, 1.82) is 0 Å². The lowest BCUT2D eigenvalue weighted by Crippen LogP contribution is -2.36. The molecule has 0 bridgehead atoms. The van der Waals surface area contributed by atoms with Crippen molar-refractivity contribution in [1.82, 2.24) is 19.1 Å². The van der Waals surface area contributed by atoms with E-state index >= 15 is 0 Å².